The van der Waals surface area contributed by atoms with Gasteiger partial charge in [0, 0.05) is 37.8 Å². The number of aryl methyl sites for hydroxylation is 1. The average molecular weight is 409 g/mol. The standard InChI is InChI=1S/C23H28N4OS/c1-16-7-9-17(10-8-16)19-15-29-21-20(19)24-23(25-22(21)28)27-13-11-26(12-14-27)18-5-3-2-4-6-18/h7-10,15,18,21H,2-6,11-14H2,1H3. The molecule has 1 saturated heterocycles. The Morgan fingerprint density at radius 2 is 1.69 bits per heavy atom. The number of nitrogens with zero attached hydrogens (tertiary/aromatic N) is 4. The molecular formula is C23H28N4OS. The molecule has 1 aromatic carbocycles. The van der Waals surface area contributed by atoms with E-state index in [2.05, 4.69) is 51.4 Å². The fourth-order valence-electron chi connectivity index (χ4n) is 4.81. The van der Waals surface area contributed by atoms with Gasteiger partial charge in [0.05, 0.1) is 5.71 Å². The van der Waals surface area contributed by atoms with Crippen LogP contribution in [0.15, 0.2) is 39.7 Å². The number of guanidine groups is 1. The number of carbonyl (C=O) groups is 1. The van der Waals surface area contributed by atoms with Crippen LogP contribution in [0.5, 0.6) is 0 Å². The summed E-state index contributed by atoms with van der Waals surface area (Å²) in [4.78, 5) is 26.8. The minimum atomic E-state index is -0.279. The van der Waals surface area contributed by atoms with Crippen molar-refractivity contribution < 1.29 is 4.79 Å². The van der Waals surface area contributed by atoms with Gasteiger partial charge in [-0.25, -0.2) is 4.99 Å². The Kier molecular flexibility index (Phi) is 5.31. The third-order valence-corrected chi connectivity index (χ3v) is 7.62. The van der Waals surface area contributed by atoms with Crippen molar-refractivity contribution in [3.05, 3.63) is 40.8 Å². The van der Waals surface area contributed by atoms with Gasteiger partial charge in [0.25, 0.3) is 5.91 Å². The van der Waals surface area contributed by atoms with Gasteiger partial charge in [-0.1, -0.05) is 49.1 Å². The predicted molar refractivity (Wildman–Crippen MR) is 120 cm³/mol. The average Bonchev–Trinajstić information content (AvgIpc) is 3.20. The number of rotatable bonds is 2. The van der Waals surface area contributed by atoms with Gasteiger partial charge in [0.2, 0.25) is 5.96 Å². The molecule has 1 amide bonds. The summed E-state index contributed by atoms with van der Waals surface area (Å²) in [6.07, 6.45) is 6.80. The summed E-state index contributed by atoms with van der Waals surface area (Å²) < 4.78 is 0. The van der Waals surface area contributed by atoms with E-state index in [0.717, 1.165) is 49.1 Å². The molecule has 0 radical (unpaired) electrons. The second-order valence-electron chi connectivity index (χ2n) is 8.48. The summed E-state index contributed by atoms with van der Waals surface area (Å²) in [5.74, 6) is 0.549. The van der Waals surface area contributed by atoms with Crippen molar-refractivity contribution >= 4 is 34.9 Å². The van der Waals surface area contributed by atoms with E-state index in [1.165, 1.54) is 49.4 Å². The van der Waals surface area contributed by atoms with Crippen molar-refractivity contribution in [1.29, 1.82) is 0 Å². The topological polar surface area (TPSA) is 48.3 Å². The van der Waals surface area contributed by atoms with Gasteiger partial charge in [-0.15, -0.1) is 11.8 Å². The molecule has 1 aromatic rings. The van der Waals surface area contributed by atoms with E-state index in [1.54, 1.807) is 0 Å². The van der Waals surface area contributed by atoms with E-state index in [-0.39, 0.29) is 11.2 Å². The van der Waals surface area contributed by atoms with Crippen molar-refractivity contribution in [3.63, 3.8) is 0 Å². The number of benzene rings is 1. The van der Waals surface area contributed by atoms with Crippen LogP contribution in [0, 0.1) is 6.92 Å². The maximum absolute atomic E-state index is 12.7. The van der Waals surface area contributed by atoms with E-state index >= 15 is 0 Å². The fourth-order valence-corrected chi connectivity index (χ4v) is 5.82. The highest BCUT2D eigenvalue weighted by Crippen LogP contribution is 2.37. The molecule has 5 nitrogen and oxygen atoms in total. The van der Waals surface area contributed by atoms with Crippen molar-refractivity contribution in [2.24, 2.45) is 9.98 Å². The number of hydrogen-bond acceptors (Lipinski definition) is 5. The number of carbonyl (C=O) groups excluding carboxylic acids is 1. The third-order valence-electron chi connectivity index (χ3n) is 6.55. The zero-order chi connectivity index (χ0) is 19.8. The molecule has 3 aliphatic heterocycles. The van der Waals surface area contributed by atoms with Crippen molar-refractivity contribution in [3.8, 4) is 0 Å². The Morgan fingerprint density at radius 1 is 0.966 bits per heavy atom. The highest BCUT2D eigenvalue weighted by molar-refractivity contribution is 8.05. The van der Waals surface area contributed by atoms with E-state index in [9.17, 15) is 4.79 Å². The normalized spacial score (nSPS) is 26.1. The first-order valence-electron chi connectivity index (χ1n) is 10.8. The fraction of sp³-hybridized carbons (Fsp3) is 0.522. The van der Waals surface area contributed by atoms with Gasteiger partial charge in [-0.05, 0) is 30.7 Å². The molecule has 1 saturated carbocycles. The number of allylic oxidation sites excluding steroid dienone is 1. The summed E-state index contributed by atoms with van der Waals surface area (Å²) >= 11 is 1.53. The number of piperazine rings is 1. The molecular weight excluding hydrogens is 380 g/mol. The second-order valence-corrected chi connectivity index (χ2v) is 9.45. The van der Waals surface area contributed by atoms with Crippen LogP contribution in [0.4, 0.5) is 0 Å². The van der Waals surface area contributed by atoms with Crippen LogP contribution in [-0.4, -0.2) is 64.8 Å². The molecule has 152 valence electrons. The summed E-state index contributed by atoms with van der Waals surface area (Å²) in [5, 5.41) is 1.80. The minimum absolute atomic E-state index is 0.0666. The SMILES string of the molecule is Cc1ccc(C2=CSC3C(=O)N=C(N4CCN(C5CCCCC5)CC4)N=C23)cc1. The van der Waals surface area contributed by atoms with Gasteiger partial charge in [0.1, 0.15) is 5.25 Å². The molecule has 1 aliphatic carbocycles. The molecule has 5 rings (SSSR count). The number of hydrogen-bond donors (Lipinski definition) is 0. The van der Waals surface area contributed by atoms with E-state index in [1.807, 2.05) is 0 Å². The Labute approximate surface area is 177 Å². The lowest BCUT2D eigenvalue weighted by atomic mass is 9.94. The molecule has 4 aliphatic rings. The van der Waals surface area contributed by atoms with Crippen LogP contribution in [0.25, 0.3) is 5.57 Å². The first-order valence-corrected chi connectivity index (χ1v) is 11.8. The van der Waals surface area contributed by atoms with Crippen LogP contribution in [0.2, 0.25) is 0 Å². The number of amides is 1. The minimum Gasteiger partial charge on any atom is -0.338 e. The lowest BCUT2D eigenvalue weighted by Gasteiger charge is -2.41. The predicted octanol–water partition coefficient (Wildman–Crippen LogP) is 3.74. The lowest BCUT2D eigenvalue weighted by Crippen LogP contribution is -2.53. The van der Waals surface area contributed by atoms with Crippen LogP contribution in [-0.2, 0) is 4.79 Å². The van der Waals surface area contributed by atoms with E-state index in [4.69, 9.17) is 4.99 Å². The highest BCUT2D eigenvalue weighted by atomic mass is 32.2. The summed E-state index contributed by atoms with van der Waals surface area (Å²) in [6, 6.07) is 9.20. The van der Waals surface area contributed by atoms with Crippen LogP contribution < -0.4 is 0 Å². The summed E-state index contributed by atoms with van der Waals surface area (Å²) in [5.41, 5.74) is 4.31. The number of fused-ring (bicyclic) bond motifs is 1. The molecule has 0 spiro atoms. The second kappa shape index (κ2) is 8.07. The monoisotopic (exact) mass is 408 g/mol. The van der Waals surface area contributed by atoms with Crippen LogP contribution in [0.1, 0.15) is 43.2 Å². The number of aliphatic imine (C=N–C) groups is 2. The van der Waals surface area contributed by atoms with Gasteiger partial charge in [0.15, 0.2) is 0 Å². The maximum atomic E-state index is 12.7. The first kappa shape index (κ1) is 19.1. The largest absolute Gasteiger partial charge is 0.338 e. The summed E-state index contributed by atoms with van der Waals surface area (Å²) in [6.45, 7) is 5.98. The van der Waals surface area contributed by atoms with Gasteiger partial charge in [-0.2, -0.15) is 4.99 Å². The first-order chi connectivity index (χ1) is 14.2. The van der Waals surface area contributed by atoms with Gasteiger partial charge in [-0.3, -0.25) is 9.69 Å². The van der Waals surface area contributed by atoms with Gasteiger partial charge >= 0.3 is 0 Å². The Balaban J connectivity index is 1.31. The number of thioether (sulfide) groups is 1. The maximum Gasteiger partial charge on any atom is 0.268 e. The molecule has 2 fully saturated rings. The van der Waals surface area contributed by atoms with Crippen molar-refractivity contribution in [1.82, 2.24) is 9.80 Å². The van der Waals surface area contributed by atoms with Gasteiger partial charge < -0.3 is 4.90 Å². The zero-order valence-corrected chi connectivity index (χ0v) is 17.8. The zero-order valence-electron chi connectivity index (χ0n) is 17.0. The molecule has 3 heterocycles. The quantitative estimate of drug-likeness (QED) is 0.748. The van der Waals surface area contributed by atoms with Crippen molar-refractivity contribution in [2.45, 2.75) is 50.3 Å². The molecule has 29 heavy (non-hydrogen) atoms. The molecule has 1 unspecified atom stereocenters. The van der Waals surface area contributed by atoms with E-state index < -0.39 is 0 Å². The van der Waals surface area contributed by atoms with E-state index in [0.29, 0.717) is 5.96 Å². The smallest absolute Gasteiger partial charge is 0.268 e. The molecule has 0 N–H and O–H groups in total. The van der Waals surface area contributed by atoms with Crippen LogP contribution >= 0.6 is 11.8 Å². The summed E-state index contributed by atoms with van der Waals surface area (Å²) in [7, 11) is 0. The molecule has 6 heteroatoms. The molecule has 0 aromatic heterocycles. The highest BCUT2D eigenvalue weighted by Gasteiger charge is 2.37. The van der Waals surface area contributed by atoms with Crippen LogP contribution in [0.3, 0.4) is 0 Å². The Bertz CT molecular complexity index is 875. The molecule has 1 atom stereocenters. The lowest BCUT2D eigenvalue weighted by molar-refractivity contribution is -0.116. The third kappa shape index (κ3) is 3.80. The molecule has 0 bridgehead atoms. The Morgan fingerprint density at radius 3 is 2.41 bits per heavy atom. The van der Waals surface area contributed by atoms with Crippen molar-refractivity contribution in [2.75, 3.05) is 26.2 Å². The Hall–Kier alpha value is -1.92.